The van der Waals surface area contributed by atoms with Crippen LogP contribution in [0.25, 0.3) is 11.1 Å². The van der Waals surface area contributed by atoms with Crippen molar-refractivity contribution in [1.29, 1.82) is 0 Å². The zero-order chi connectivity index (χ0) is 16.2. The van der Waals surface area contributed by atoms with Gasteiger partial charge in [0.2, 0.25) is 5.91 Å². The Morgan fingerprint density at radius 3 is 2.87 bits per heavy atom. The Balaban J connectivity index is 1.60. The smallest absolute Gasteiger partial charge is 0.257 e. The maximum absolute atomic E-state index is 12.4. The van der Waals surface area contributed by atoms with Gasteiger partial charge in [0.15, 0.2) is 5.58 Å². The minimum absolute atomic E-state index is 0.0595. The molecule has 0 aliphatic carbocycles. The van der Waals surface area contributed by atoms with Crippen molar-refractivity contribution in [2.45, 2.75) is 18.7 Å². The molecule has 0 spiro atoms. The number of oxazole rings is 1. The average Bonchev–Trinajstić information content (AvgIpc) is 3.15. The van der Waals surface area contributed by atoms with Crippen molar-refractivity contribution in [1.82, 2.24) is 9.88 Å². The van der Waals surface area contributed by atoms with Gasteiger partial charge >= 0.3 is 0 Å². The summed E-state index contributed by atoms with van der Waals surface area (Å²) in [5, 5.41) is 0.523. The van der Waals surface area contributed by atoms with Gasteiger partial charge in [0, 0.05) is 11.4 Å². The van der Waals surface area contributed by atoms with Crippen molar-refractivity contribution in [3.05, 3.63) is 45.6 Å². The largest absolute Gasteiger partial charge is 0.431 e. The molecule has 0 fully saturated rings. The van der Waals surface area contributed by atoms with Gasteiger partial charge in [-0.1, -0.05) is 35.5 Å². The summed E-state index contributed by atoms with van der Waals surface area (Å²) in [4.78, 5) is 19.6. The second-order valence-electron chi connectivity index (χ2n) is 4.85. The van der Waals surface area contributed by atoms with Crippen LogP contribution in [0.2, 0.25) is 4.34 Å². The number of carbonyl (C=O) groups is 1. The molecule has 3 aromatic rings. The SMILES string of the molecule is CCN(Cc1ccc(Cl)s1)C(=O)CSc1nc2ccccc2o1. The van der Waals surface area contributed by atoms with Crippen LogP contribution in [-0.2, 0) is 11.3 Å². The molecule has 0 saturated carbocycles. The number of thiophene rings is 1. The van der Waals surface area contributed by atoms with E-state index in [-0.39, 0.29) is 5.91 Å². The third kappa shape index (κ3) is 4.07. The highest BCUT2D eigenvalue weighted by atomic mass is 35.5. The summed E-state index contributed by atoms with van der Waals surface area (Å²) in [5.74, 6) is 0.365. The van der Waals surface area contributed by atoms with E-state index in [0.717, 1.165) is 20.3 Å². The van der Waals surface area contributed by atoms with Crippen LogP contribution in [0.15, 0.2) is 46.0 Å². The molecule has 1 aromatic carbocycles. The lowest BCUT2D eigenvalue weighted by Gasteiger charge is -2.19. The van der Waals surface area contributed by atoms with Gasteiger partial charge in [0.1, 0.15) is 5.52 Å². The lowest BCUT2D eigenvalue weighted by molar-refractivity contribution is -0.128. The van der Waals surface area contributed by atoms with Gasteiger partial charge in [-0.25, -0.2) is 4.98 Å². The summed E-state index contributed by atoms with van der Waals surface area (Å²) in [7, 11) is 0. The van der Waals surface area contributed by atoms with Crippen LogP contribution in [0.5, 0.6) is 0 Å². The van der Waals surface area contributed by atoms with Crippen LogP contribution in [0.4, 0.5) is 0 Å². The third-order valence-electron chi connectivity index (χ3n) is 3.30. The molecule has 0 N–H and O–H groups in total. The summed E-state index contributed by atoms with van der Waals surface area (Å²) < 4.78 is 6.36. The molecule has 4 nitrogen and oxygen atoms in total. The van der Waals surface area contributed by atoms with Crippen molar-refractivity contribution >= 4 is 51.7 Å². The molecule has 23 heavy (non-hydrogen) atoms. The predicted octanol–water partition coefficient (Wildman–Crippen LogP) is 4.68. The van der Waals surface area contributed by atoms with Crippen LogP contribution >= 0.6 is 34.7 Å². The van der Waals surface area contributed by atoms with Crippen LogP contribution in [-0.4, -0.2) is 28.1 Å². The number of amides is 1. The molecule has 2 heterocycles. The molecule has 0 atom stereocenters. The first-order valence-electron chi connectivity index (χ1n) is 7.16. The van der Waals surface area contributed by atoms with E-state index in [2.05, 4.69) is 4.98 Å². The number of rotatable bonds is 6. The Bertz CT molecular complexity index is 782. The Hall–Kier alpha value is -1.50. The number of carbonyl (C=O) groups excluding carboxylic acids is 1. The van der Waals surface area contributed by atoms with Gasteiger partial charge in [0.25, 0.3) is 5.22 Å². The summed E-state index contributed by atoms with van der Waals surface area (Å²) in [6.07, 6.45) is 0. The Morgan fingerprint density at radius 1 is 1.35 bits per heavy atom. The fraction of sp³-hybridized carbons (Fsp3) is 0.250. The predicted molar refractivity (Wildman–Crippen MR) is 95.2 cm³/mol. The molecule has 0 unspecified atom stereocenters. The zero-order valence-corrected chi connectivity index (χ0v) is 14.9. The Morgan fingerprint density at radius 2 is 2.17 bits per heavy atom. The van der Waals surface area contributed by atoms with E-state index < -0.39 is 0 Å². The average molecular weight is 367 g/mol. The number of nitrogens with zero attached hydrogens (tertiary/aromatic N) is 2. The van der Waals surface area contributed by atoms with E-state index in [1.165, 1.54) is 23.1 Å². The van der Waals surface area contributed by atoms with Crippen LogP contribution < -0.4 is 0 Å². The molecule has 2 aromatic heterocycles. The topological polar surface area (TPSA) is 46.3 Å². The third-order valence-corrected chi connectivity index (χ3v) is 5.33. The molecule has 0 saturated heterocycles. The molecule has 0 aliphatic heterocycles. The minimum Gasteiger partial charge on any atom is -0.431 e. The van der Waals surface area contributed by atoms with E-state index in [0.29, 0.717) is 24.1 Å². The highest BCUT2D eigenvalue weighted by molar-refractivity contribution is 7.99. The van der Waals surface area contributed by atoms with E-state index in [9.17, 15) is 4.79 Å². The highest BCUT2D eigenvalue weighted by Gasteiger charge is 2.15. The summed E-state index contributed by atoms with van der Waals surface area (Å²) in [6.45, 7) is 3.21. The minimum atomic E-state index is 0.0595. The molecule has 3 rings (SSSR count). The molecule has 0 radical (unpaired) electrons. The number of para-hydroxylation sites is 2. The first-order chi connectivity index (χ1) is 11.2. The van der Waals surface area contributed by atoms with Gasteiger partial charge in [-0.3, -0.25) is 4.79 Å². The Labute approximate surface area is 147 Å². The van der Waals surface area contributed by atoms with Crippen molar-refractivity contribution in [3.8, 4) is 0 Å². The van der Waals surface area contributed by atoms with Crippen molar-refractivity contribution < 1.29 is 9.21 Å². The maximum atomic E-state index is 12.4. The molecular weight excluding hydrogens is 352 g/mol. The molecule has 7 heteroatoms. The van der Waals surface area contributed by atoms with Crippen molar-refractivity contribution in [3.63, 3.8) is 0 Å². The van der Waals surface area contributed by atoms with Gasteiger partial charge < -0.3 is 9.32 Å². The van der Waals surface area contributed by atoms with Gasteiger partial charge in [0.05, 0.1) is 16.6 Å². The molecular formula is C16H15ClN2O2S2. The second-order valence-corrected chi connectivity index (χ2v) is 7.58. The van der Waals surface area contributed by atoms with E-state index >= 15 is 0 Å². The summed E-state index contributed by atoms with van der Waals surface area (Å²) in [5.41, 5.74) is 1.55. The first kappa shape index (κ1) is 16.4. The van der Waals surface area contributed by atoms with Gasteiger partial charge in [-0.05, 0) is 31.2 Å². The number of aromatic nitrogens is 1. The number of thioether (sulfide) groups is 1. The van der Waals surface area contributed by atoms with E-state index in [1.54, 1.807) is 4.90 Å². The normalized spacial score (nSPS) is 11.0. The maximum Gasteiger partial charge on any atom is 0.257 e. The fourth-order valence-electron chi connectivity index (χ4n) is 2.13. The number of halogens is 1. The number of hydrogen-bond acceptors (Lipinski definition) is 5. The van der Waals surface area contributed by atoms with Gasteiger partial charge in [-0.15, -0.1) is 11.3 Å². The van der Waals surface area contributed by atoms with Crippen LogP contribution in [0.1, 0.15) is 11.8 Å². The first-order valence-corrected chi connectivity index (χ1v) is 9.34. The van der Waals surface area contributed by atoms with Crippen LogP contribution in [0.3, 0.4) is 0 Å². The molecule has 120 valence electrons. The Kier molecular flexibility index (Phi) is 5.25. The molecule has 1 amide bonds. The fourth-order valence-corrected chi connectivity index (χ4v) is 3.97. The lowest BCUT2D eigenvalue weighted by Crippen LogP contribution is -2.31. The van der Waals surface area contributed by atoms with Crippen LogP contribution in [0, 0.1) is 0 Å². The number of hydrogen-bond donors (Lipinski definition) is 0. The van der Waals surface area contributed by atoms with Gasteiger partial charge in [-0.2, -0.15) is 0 Å². The van der Waals surface area contributed by atoms with Crippen molar-refractivity contribution in [2.75, 3.05) is 12.3 Å². The van der Waals surface area contributed by atoms with E-state index in [4.69, 9.17) is 16.0 Å². The molecule has 0 bridgehead atoms. The summed E-state index contributed by atoms with van der Waals surface area (Å²) >= 11 is 8.76. The number of fused-ring (bicyclic) bond motifs is 1. The zero-order valence-electron chi connectivity index (χ0n) is 12.5. The highest BCUT2D eigenvalue weighted by Crippen LogP contribution is 2.25. The van der Waals surface area contributed by atoms with Crippen molar-refractivity contribution in [2.24, 2.45) is 0 Å². The lowest BCUT2D eigenvalue weighted by atomic mass is 10.3. The number of benzene rings is 1. The quantitative estimate of drug-likeness (QED) is 0.594. The second kappa shape index (κ2) is 7.38. The molecule has 0 aliphatic rings. The standard InChI is InChI=1S/C16H15ClN2O2S2/c1-2-19(9-11-7-8-14(17)23-11)15(20)10-22-16-18-12-5-3-4-6-13(12)21-16/h3-8H,2,9-10H2,1H3. The van der Waals surface area contributed by atoms with E-state index in [1.807, 2.05) is 43.3 Å². The summed E-state index contributed by atoms with van der Waals surface area (Å²) in [6, 6.07) is 11.4. The monoisotopic (exact) mass is 366 g/mol.